The Morgan fingerprint density at radius 3 is 2.65 bits per heavy atom. The van der Waals surface area contributed by atoms with Gasteiger partial charge in [0.2, 0.25) is 0 Å². The van der Waals surface area contributed by atoms with Crippen molar-refractivity contribution >= 4 is 5.69 Å². The van der Waals surface area contributed by atoms with Crippen LogP contribution in [-0.4, -0.2) is 32.8 Å². The van der Waals surface area contributed by atoms with Gasteiger partial charge in [-0.1, -0.05) is 6.07 Å². The summed E-state index contributed by atoms with van der Waals surface area (Å²) in [6.45, 7) is 9.63. The van der Waals surface area contributed by atoms with Crippen molar-refractivity contribution in [1.29, 1.82) is 0 Å². The van der Waals surface area contributed by atoms with E-state index >= 15 is 0 Å². The number of nitrogens with one attached hydrogen (secondary N) is 1. The molecule has 1 saturated heterocycles. The zero-order chi connectivity index (χ0) is 14.2. The SMILES string of the molecule is CCN(CC)c1cccc(OCCC2CCNCC2)c1. The van der Waals surface area contributed by atoms with Crippen LogP contribution in [0.1, 0.15) is 33.1 Å². The fourth-order valence-corrected chi connectivity index (χ4v) is 2.87. The monoisotopic (exact) mass is 276 g/mol. The fraction of sp³-hybridized carbons (Fsp3) is 0.647. The molecule has 0 saturated carbocycles. The molecule has 1 fully saturated rings. The van der Waals surface area contributed by atoms with Gasteiger partial charge < -0.3 is 15.0 Å². The van der Waals surface area contributed by atoms with Crippen LogP contribution >= 0.6 is 0 Å². The average Bonchev–Trinajstić information content (AvgIpc) is 2.50. The molecular weight excluding hydrogens is 248 g/mol. The van der Waals surface area contributed by atoms with E-state index < -0.39 is 0 Å². The maximum Gasteiger partial charge on any atom is 0.121 e. The summed E-state index contributed by atoms with van der Waals surface area (Å²) in [6, 6.07) is 8.48. The van der Waals surface area contributed by atoms with Gasteiger partial charge in [0.05, 0.1) is 6.61 Å². The van der Waals surface area contributed by atoms with E-state index in [1.54, 1.807) is 0 Å². The molecule has 0 radical (unpaired) electrons. The first kappa shape index (κ1) is 15.2. The highest BCUT2D eigenvalue weighted by Crippen LogP contribution is 2.22. The Bertz CT molecular complexity index is 384. The van der Waals surface area contributed by atoms with Gasteiger partial charge >= 0.3 is 0 Å². The minimum absolute atomic E-state index is 0.835. The van der Waals surface area contributed by atoms with Gasteiger partial charge in [-0.2, -0.15) is 0 Å². The van der Waals surface area contributed by atoms with Crippen LogP contribution in [0.2, 0.25) is 0 Å². The van der Waals surface area contributed by atoms with Gasteiger partial charge in [-0.15, -0.1) is 0 Å². The van der Waals surface area contributed by atoms with Gasteiger partial charge in [0.1, 0.15) is 5.75 Å². The van der Waals surface area contributed by atoms with E-state index in [2.05, 4.69) is 48.3 Å². The Labute approximate surface area is 123 Å². The van der Waals surface area contributed by atoms with E-state index in [0.29, 0.717) is 0 Å². The zero-order valence-electron chi connectivity index (χ0n) is 12.9. The lowest BCUT2D eigenvalue weighted by molar-refractivity contribution is 0.252. The highest BCUT2D eigenvalue weighted by molar-refractivity contribution is 5.50. The van der Waals surface area contributed by atoms with Crippen molar-refractivity contribution in [2.24, 2.45) is 5.92 Å². The van der Waals surface area contributed by atoms with Gasteiger partial charge in [-0.3, -0.25) is 0 Å². The second-order valence-corrected chi connectivity index (χ2v) is 5.50. The van der Waals surface area contributed by atoms with E-state index in [0.717, 1.165) is 31.4 Å². The smallest absolute Gasteiger partial charge is 0.121 e. The molecular formula is C17H28N2O. The van der Waals surface area contributed by atoms with E-state index in [9.17, 15) is 0 Å². The molecule has 0 aromatic heterocycles. The van der Waals surface area contributed by atoms with Gasteiger partial charge in [-0.05, 0) is 64.3 Å². The summed E-state index contributed by atoms with van der Waals surface area (Å²) < 4.78 is 5.94. The molecule has 0 amide bonds. The van der Waals surface area contributed by atoms with Crippen molar-refractivity contribution in [3.63, 3.8) is 0 Å². The predicted octanol–water partition coefficient (Wildman–Crippen LogP) is 3.30. The van der Waals surface area contributed by atoms with Crippen LogP contribution in [0.5, 0.6) is 5.75 Å². The lowest BCUT2D eigenvalue weighted by Crippen LogP contribution is -2.28. The number of benzene rings is 1. The maximum atomic E-state index is 5.94. The minimum atomic E-state index is 0.835. The average molecular weight is 276 g/mol. The number of nitrogens with zero attached hydrogens (tertiary/aromatic N) is 1. The van der Waals surface area contributed by atoms with Crippen LogP contribution in [0.25, 0.3) is 0 Å². The van der Waals surface area contributed by atoms with Crippen molar-refractivity contribution < 1.29 is 4.74 Å². The maximum absolute atomic E-state index is 5.94. The van der Waals surface area contributed by atoms with E-state index in [1.807, 2.05) is 0 Å². The molecule has 1 N–H and O–H groups in total. The summed E-state index contributed by atoms with van der Waals surface area (Å²) in [7, 11) is 0. The lowest BCUT2D eigenvalue weighted by atomic mass is 9.95. The van der Waals surface area contributed by atoms with Gasteiger partial charge in [0.15, 0.2) is 0 Å². The largest absolute Gasteiger partial charge is 0.494 e. The summed E-state index contributed by atoms with van der Waals surface area (Å²) >= 11 is 0. The highest BCUT2D eigenvalue weighted by Gasteiger charge is 2.12. The first-order valence-electron chi connectivity index (χ1n) is 8.02. The van der Waals surface area contributed by atoms with Crippen LogP contribution in [0.4, 0.5) is 5.69 Å². The van der Waals surface area contributed by atoms with Crippen LogP contribution < -0.4 is 15.0 Å². The number of hydrogen-bond donors (Lipinski definition) is 1. The van der Waals surface area contributed by atoms with Crippen molar-refractivity contribution in [1.82, 2.24) is 5.32 Å². The van der Waals surface area contributed by atoms with Crippen LogP contribution in [-0.2, 0) is 0 Å². The molecule has 20 heavy (non-hydrogen) atoms. The Morgan fingerprint density at radius 1 is 1.20 bits per heavy atom. The summed E-state index contributed by atoms with van der Waals surface area (Å²) in [5.74, 6) is 1.84. The Morgan fingerprint density at radius 2 is 1.95 bits per heavy atom. The summed E-state index contributed by atoms with van der Waals surface area (Å²) in [4.78, 5) is 2.35. The molecule has 2 rings (SSSR count). The first-order chi connectivity index (χ1) is 9.83. The molecule has 1 aromatic rings. The third kappa shape index (κ3) is 4.41. The van der Waals surface area contributed by atoms with Crippen molar-refractivity contribution in [3.05, 3.63) is 24.3 Å². The molecule has 1 aliphatic heterocycles. The lowest BCUT2D eigenvalue weighted by Gasteiger charge is -2.23. The molecule has 0 bridgehead atoms. The molecule has 1 aromatic carbocycles. The summed E-state index contributed by atoms with van der Waals surface area (Å²) in [6.07, 6.45) is 3.77. The van der Waals surface area contributed by atoms with Crippen molar-refractivity contribution in [2.45, 2.75) is 33.1 Å². The van der Waals surface area contributed by atoms with Crippen LogP contribution in [0.3, 0.4) is 0 Å². The highest BCUT2D eigenvalue weighted by atomic mass is 16.5. The zero-order valence-corrected chi connectivity index (χ0v) is 12.9. The van der Waals surface area contributed by atoms with Crippen LogP contribution in [0.15, 0.2) is 24.3 Å². The third-order valence-electron chi connectivity index (χ3n) is 4.20. The van der Waals surface area contributed by atoms with Crippen molar-refractivity contribution in [3.8, 4) is 5.75 Å². The number of ether oxygens (including phenoxy) is 1. The molecule has 0 unspecified atom stereocenters. The third-order valence-corrected chi connectivity index (χ3v) is 4.20. The van der Waals surface area contributed by atoms with E-state index in [1.165, 1.54) is 38.0 Å². The predicted molar refractivity (Wildman–Crippen MR) is 85.7 cm³/mol. The number of anilines is 1. The van der Waals surface area contributed by atoms with Crippen LogP contribution in [0, 0.1) is 5.92 Å². The molecule has 0 aliphatic carbocycles. The Balaban J connectivity index is 1.81. The molecule has 0 spiro atoms. The van der Waals surface area contributed by atoms with Gasteiger partial charge in [-0.25, -0.2) is 0 Å². The van der Waals surface area contributed by atoms with Crippen molar-refractivity contribution in [2.75, 3.05) is 37.7 Å². The second-order valence-electron chi connectivity index (χ2n) is 5.50. The fourth-order valence-electron chi connectivity index (χ4n) is 2.87. The van der Waals surface area contributed by atoms with E-state index in [-0.39, 0.29) is 0 Å². The summed E-state index contributed by atoms with van der Waals surface area (Å²) in [5, 5.41) is 3.41. The number of rotatable bonds is 7. The molecule has 112 valence electrons. The molecule has 3 heteroatoms. The van der Waals surface area contributed by atoms with Gasteiger partial charge in [0.25, 0.3) is 0 Å². The number of piperidine rings is 1. The molecule has 3 nitrogen and oxygen atoms in total. The molecule has 1 aliphatic rings. The quantitative estimate of drug-likeness (QED) is 0.827. The number of hydrogen-bond acceptors (Lipinski definition) is 3. The topological polar surface area (TPSA) is 24.5 Å². The first-order valence-corrected chi connectivity index (χ1v) is 8.02. The summed E-state index contributed by atoms with van der Waals surface area (Å²) in [5.41, 5.74) is 1.26. The standard InChI is InChI=1S/C17H28N2O/c1-3-19(4-2)16-6-5-7-17(14-16)20-13-10-15-8-11-18-12-9-15/h5-7,14-15,18H,3-4,8-13H2,1-2H3. The molecule has 1 heterocycles. The Kier molecular flexibility index (Phi) is 6.19. The van der Waals surface area contributed by atoms with Gasteiger partial charge in [0, 0.05) is 24.8 Å². The van der Waals surface area contributed by atoms with E-state index in [4.69, 9.17) is 4.74 Å². The molecule has 0 atom stereocenters. The Hall–Kier alpha value is -1.22. The second kappa shape index (κ2) is 8.15. The normalized spacial score (nSPS) is 16.1. The minimum Gasteiger partial charge on any atom is -0.494 e.